The molecule has 3 heterocycles. The third-order valence-corrected chi connectivity index (χ3v) is 6.94. The maximum Gasteiger partial charge on any atom is 0.272 e. The molecule has 0 saturated carbocycles. The third-order valence-electron chi connectivity index (χ3n) is 6.94. The summed E-state index contributed by atoms with van der Waals surface area (Å²) in [4.78, 5) is 34.2. The number of carbonyl (C=O) groups is 2. The number of likely N-dealkylation sites (tertiary alicyclic amines) is 1. The van der Waals surface area contributed by atoms with E-state index in [-0.39, 0.29) is 17.9 Å². The number of benzene rings is 1. The predicted octanol–water partition coefficient (Wildman–Crippen LogP) is 3.85. The van der Waals surface area contributed by atoms with Crippen molar-refractivity contribution >= 4 is 11.8 Å². The normalized spacial score (nSPS) is 15.2. The minimum absolute atomic E-state index is 0.0247. The Morgan fingerprint density at radius 1 is 1.09 bits per heavy atom. The van der Waals surface area contributed by atoms with Gasteiger partial charge in [-0.15, -0.1) is 0 Å². The third kappa shape index (κ3) is 5.35. The second kappa shape index (κ2) is 10.6. The van der Waals surface area contributed by atoms with Crippen molar-refractivity contribution < 1.29 is 14.1 Å². The molecule has 34 heavy (non-hydrogen) atoms. The standard InChI is InChI=1S/C27H32N4O3/c1-19-23(20(2)34-29-19)18-26(32)31-15-12-22(13-16-31)25(17-21-9-5-4-6-10-21)30(3)27(33)24-11-7-8-14-28-24/h4-11,14,22,25H,12-13,15-18H2,1-3H3/t25-/m0/s1. The molecule has 178 valence electrons. The van der Waals surface area contributed by atoms with Gasteiger partial charge >= 0.3 is 0 Å². The Balaban J connectivity index is 1.45. The average Bonchev–Trinajstić information content (AvgIpc) is 3.19. The van der Waals surface area contributed by atoms with Gasteiger partial charge in [0, 0.05) is 37.9 Å². The van der Waals surface area contributed by atoms with Crippen molar-refractivity contribution in [2.45, 2.75) is 45.6 Å². The highest BCUT2D eigenvalue weighted by molar-refractivity contribution is 5.92. The van der Waals surface area contributed by atoms with E-state index in [0.717, 1.165) is 30.5 Å². The van der Waals surface area contributed by atoms with Crippen LogP contribution in [0.5, 0.6) is 0 Å². The van der Waals surface area contributed by atoms with E-state index >= 15 is 0 Å². The lowest BCUT2D eigenvalue weighted by Crippen LogP contribution is -2.48. The zero-order valence-corrected chi connectivity index (χ0v) is 20.1. The maximum atomic E-state index is 13.2. The van der Waals surface area contributed by atoms with E-state index in [1.54, 1.807) is 12.3 Å². The van der Waals surface area contributed by atoms with Gasteiger partial charge in [-0.05, 0) is 56.7 Å². The monoisotopic (exact) mass is 460 g/mol. The number of aromatic nitrogens is 2. The summed E-state index contributed by atoms with van der Waals surface area (Å²) in [6.45, 7) is 5.08. The molecule has 1 atom stereocenters. The summed E-state index contributed by atoms with van der Waals surface area (Å²) in [5.74, 6) is 1.03. The van der Waals surface area contributed by atoms with Crippen molar-refractivity contribution in [3.05, 3.63) is 83.0 Å². The number of amides is 2. The van der Waals surface area contributed by atoms with Gasteiger partial charge in [-0.25, -0.2) is 0 Å². The van der Waals surface area contributed by atoms with Crippen LogP contribution in [0, 0.1) is 19.8 Å². The van der Waals surface area contributed by atoms with E-state index in [2.05, 4.69) is 22.3 Å². The summed E-state index contributed by atoms with van der Waals surface area (Å²) >= 11 is 0. The molecule has 0 radical (unpaired) electrons. The van der Waals surface area contributed by atoms with Crippen LogP contribution in [0.15, 0.2) is 59.3 Å². The highest BCUT2D eigenvalue weighted by Gasteiger charge is 2.33. The quantitative estimate of drug-likeness (QED) is 0.535. The second-order valence-corrected chi connectivity index (χ2v) is 9.09. The summed E-state index contributed by atoms with van der Waals surface area (Å²) in [5, 5.41) is 3.96. The Morgan fingerprint density at radius 3 is 2.41 bits per heavy atom. The molecule has 0 unspecified atom stereocenters. The second-order valence-electron chi connectivity index (χ2n) is 9.09. The van der Waals surface area contributed by atoms with Crippen molar-refractivity contribution in [1.29, 1.82) is 0 Å². The van der Waals surface area contributed by atoms with E-state index in [9.17, 15) is 9.59 Å². The van der Waals surface area contributed by atoms with E-state index in [1.165, 1.54) is 5.56 Å². The van der Waals surface area contributed by atoms with E-state index < -0.39 is 0 Å². The molecule has 0 N–H and O–H groups in total. The van der Waals surface area contributed by atoms with Crippen LogP contribution in [0.25, 0.3) is 0 Å². The van der Waals surface area contributed by atoms with Crippen LogP contribution in [-0.2, 0) is 17.6 Å². The number of hydrogen-bond donors (Lipinski definition) is 0. The molecule has 3 aromatic rings. The molecule has 1 aliphatic heterocycles. The van der Waals surface area contributed by atoms with E-state index in [0.29, 0.717) is 36.9 Å². The molecule has 1 aromatic carbocycles. The number of carbonyl (C=O) groups excluding carboxylic acids is 2. The maximum absolute atomic E-state index is 13.2. The van der Waals surface area contributed by atoms with Crippen molar-refractivity contribution in [1.82, 2.24) is 19.9 Å². The molecule has 4 rings (SSSR count). The predicted molar refractivity (Wildman–Crippen MR) is 129 cm³/mol. The zero-order chi connectivity index (χ0) is 24.1. The molecule has 2 amide bonds. The number of likely N-dealkylation sites (N-methyl/N-ethyl adjacent to an activating group) is 1. The molecule has 0 bridgehead atoms. The van der Waals surface area contributed by atoms with Crippen LogP contribution in [0.2, 0.25) is 0 Å². The molecule has 7 heteroatoms. The van der Waals surface area contributed by atoms with Gasteiger partial charge in [-0.1, -0.05) is 41.6 Å². The Bertz CT molecular complexity index is 1090. The Hall–Kier alpha value is -3.48. The number of pyridine rings is 1. The number of piperidine rings is 1. The lowest BCUT2D eigenvalue weighted by Gasteiger charge is -2.40. The molecule has 1 fully saturated rings. The molecule has 2 aromatic heterocycles. The highest BCUT2D eigenvalue weighted by atomic mass is 16.5. The molecule has 1 aliphatic rings. The summed E-state index contributed by atoms with van der Waals surface area (Å²) in [5.41, 5.74) is 3.31. The van der Waals surface area contributed by atoms with Gasteiger partial charge in [0.25, 0.3) is 5.91 Å². The molecule has 0 aliphatic carbocycles. The molecule has 1 saturated heterocycles. The first kappa shape index (κ1) is 23.7. The largest absolute Gasteiger partial charge is 0.361 e. The van der Waals surface area contributed by atoms with Crippen LogP contribution >= 0.6 is 0 Å². The van der Waals surface area contributed by atoms with E-state index in [1.807, 2.05) is 61.0 Å². The fraction of sp³-hybridized carbons (Fsp3) is 0.407. The van der Waals surface area contributed by atoms with Crippen molar-refractivity contribution in [2.75, 3.05) is 20.1 Å². The summed E-state index contributed by atoms with van der Waals surface area (Å²) in [6, 6.07) is 15.7. The van der Waals surface area contributed by atoms with Crippen LogP contribution in [-0.4, -0.2) is 57.9 Å². The van der Waals surface area contributed by atoms with Gasteiger partial charge in [0.05, 0.1) is 12.1 Å². The van der Waals surface area contributed by atoms with Gasteiger partial charge in [0.2, 0.25) is 5.91 Å². The van der Waals surface area contributed by atoms with Crippen LogP contribution < -0.4 is 0 Å². The van der Waals surface area contributed by atoms with Gasteiger partial charge in [-0.2, -0.15) is 0 Å². The molecular weight excluding hydrogens is 428 g/mol. The molecule has 0 spiro atoms. The topological polar surface area (TPSA) is 79.5 Å². The van der Waals surface area contributed by atoms with Crippen LogP contribution in [0.3, 0.4) is 0 Å². The first-order valence-electron chi connectivity index (χ1n) is 11.9. The lowest BCUT2D eigenvalue weighted by atomic mass is 9.84. The SMILES string of the molecule is Cc1noc(C)c1CC(=O)N1CCC([C@H](Cc2ccccc2)N(C)C(=O)c2ccccn2)CC1. The van der Waals surface area contributed by atoms with Gasteiger partial charge in [0.15, 0.2) is 0 Å². The van der Waals surface area contributed by atoms with Crippen LogP contribution in [0.4, 0.5) is 0 Å². The molecule has 7 nitrogen and oxygen atoms in total. The van der Waals surface area contributed by atoms with E-state index in [4.69, 9.17) is 4.52 Å². The fourth-order valence-corrected chi connectivity index (χ4v) is 4.85. The van der Waals surface area contributed by atoms with Crippen LogP contribution in [0.1, 0.15) is 45.9 Å². The lowest BCUT2D eigenvalue weighted by molar-refractivity contribution is -0.132. The van der Waals surface area contributed by atoms with Crippen molar-refractivity contribution in [2.24, 2.45) is 5.92 Å². The minimum atomic E-state index is -0.0709. The average molecular weight is 461 g/mol. The fourth-order valence-electron chi connectivity index (χ4n) is 4.85. The zero-order valence-electron chi connectivity index (χ0n) is 20.1. The van der Waals surface area contributed by atoms with Crippen molar-refractivity contribution in [3.8, 4) is 0 Å². The van der Waals surface area contributed by atoms with Gasteiger partial charge in [0.1, 0.15) is 11.5 Å². The first-order chi connectivity index (χ1) is 16.4. The Morgan fingerprint density at radius 2 is 1.79 bits per heavy atom. The summed E-state index contributed by atoms with van der Waals surface area (Å²) in [6.07, 6.45) is 4.44. The highest BCUT2D eigenvalue weighted by Crippen LogP contribution is 2.28. The number of hydrogen-bond acceptors (Lipinski definition) is 5. The number of nitrogens with zero attached hydrogens (tertiary/aromatic N) is 4. The molecular formula is C27H32N4O3. The smallest absolute Gasteiger partial charge is 0.272 e. The van der Waals surface area contributed by atoms with Gasteiger partial charge in [-0.3, -0.25) is 14.6 Å². The number of rotatable bonds is 7. The summed E-state index contributed by atoms with van der Waals surface area (Å²) in [7, 11) is 1.87. The summed E-state index contributed by atoms with van der Waals surface area (Å²) < 4.78 is 5.21. The number of aryl methyl sites for hydroxylation is 2. The van der Waals surface area contributed by atoms with Gasteiger partial charge < -0.3 is 14.3 Å². The van der Waals surface area contributed by atoms with Crippen molar-refractivity contribution in [3.63, 3.8) is 0 Å². The Labute approximate surface area is 200 Å². The minimum Gasteiger partial charge on any atom is -0.361 e. The Kier molecular flexibility index (Phi) is 7.40. The first-order valence-corrected chi connectivity index (χ1v) is 11.9.